The Morgan fingerprint density at radius 3 is 2.82 bits per heavy atom. The van der Waals surface area contributed by atoms with Crippen LogP contribution in [0.5, 0.6) is 5.75 Å². The largest absolute Gasteiger partial charge is 0.482 e. The van der Waals surface area contributed by atoms with Crippen LogP contribution in [-0.2, 0) is 4.79 Å². The summed E-state index contributed by atoms with van der Waals surface area (Å²) >= 11 is 1.80. The zero-order chi connectivity index (χ0) is 19.1. The lowest BCUT2D eigenvalue weighted by Gasteiger charge is -2.32. The van der Waals surface area contributed by atoms with Gasteiger partial charge in [-0.2, -0.15) is 0 Å². The summed E-state index contributed by atoms with van der Waals surface area (Å²) in [5.74, 6) is 0.924. The van der Waals surface area contributed by atoms with Crippen molar-refractivity contribution in [3.05, 3.63) is 59.0 Å². The molecule has 1 aromatic heterocycles. The van der Waals surface area contributed by atoms with Crippen LogP contribution in [0.15, 0.2) is 47.8 Å². The van der Waals surface area contributed by atoms with Crippen molar-refractivity contribution >= 4 is 38.9 Å². The van der Waals surface area contributed by atoms with E-state index in [1.54, 1.807) is 29.5 Å². The smallest absolute Gasteiger partial charge is 0.262 e. The second-order valence-corrected chi connectivity index (χ2v) is 8.21. The molecule has 3 heterocycles. The number of anilines is 1. The summed E-state index contributed by atoms with van der Waals surface area (Å²) < 4.78 is 6.70. The summed E-state index contributed by atoms with van der Waals surface area (Å²) in [6.07, 6.45) is 1.94. The number of likely N-dealkylation sites (tertiary alicyclic amines) is 1. The first-order valence-electron chi connectivity index (χ1n) is 9.51. The molecule has 0 radical (unpaired) electrons. The van der Waals surface area contributed by atoms with Gasteiger partial charge in [-0.05, 0) is 59.4 Å². The van der Waals surface area contributed by atoms with E-state index in [-0.39, 0.29) is 18.4 Å². The standard InChI is InChI=1S/C22H20N2O3S/c25-21-12-27-19-6-5-15(11-18(19)23-21)22(26)24-9-7-14(8-10-24)17-13-28-20-4-2-1-3-16(17)20/h1-6,11,13-14H,7-10,12H2,(H,23,25). The van der Waals surface area contributed by atoms with Gasteiger partial charge in [-0.1, -0.05) is 18.2 Å². The van der Waals surface area contributed by atoms with Crippen molar-refractivity contribution in [3.63, 3.8) is 0 Å². The van der Waals surface area contributed by atoms with E-state index in [1.165, 1.54) is 15.6 Å². The molecule has 1 fully saturated rings. The van der Waals surface area contributed by atoms with Crippen molar-refractivity contribution in [2.45, 2.75) is 18.8 Å². The van der Waals surface area contributed by atoms with Crippen LogP contribution in [0.4, 0.5) is 5.69 Å². The predicted octanol–water partition coefficient (Wildman–Crippen LogP) is 4.25. The van der Waals surface area contributed by atoms with Gasteiger partial charge >= 0.3 is 0 Å². The summed E-state index contributed by atoms with van der Waals surface area (Å²) in [7, 11) is 0. The first-order chi connectivity index (χ1) is 13.7. The lowest BCUT2D eigenvalue weighted by molar-refractivity contribution is -0.118. The Labute approximate surface area is 166 Å². The third-order valence-corrected chi connectivity index (χ3v) is 6.57. The van der Waals surface area contributed by atoms with E-state index in [2.05, 4.69) is 35.0 Å². The molecule has 0 bridgehead atoms. The maximum Gasteiger partial charge on any atom is 0.262 e. The number of ether oxygens (including phenoxy) is 1. The topological polar surface area (TPSA) is 58.6 Å². The quantitative estimate of drug-likeness (QED) is 0.709. The number of carbonyl (C=O) groups excluding carboxylic acids is 2. The number of rotatable bonds is 2. The summed E-state index contributed by atoms with van der Waals surface area (Å²) in [6, 6.07) is 13.8. The summed E-state index contributed by atoms with van der Waals surface area (Å²) in [6.45, 7) is 1.51. The number of hydrogen-bond donors (Lipinski definition) is 1. The fourth-order valence-corrected chi connectivity index (χ4v) is 5.15. The molecule has 1 saturated heterocycles. The van der Waals surface area contributed by atoms with Crippen molar-refractivity contribution in [2.75, 3.05) is 25.0 Å². The molecule has 1 N–H and O–H groups in total. The van der Waals surface area contributed by atoms with Gasteiger partial charge in [0.05, 0.1) is 5.69 Å². The highest BCUT2D eigenvalue weighted by molar-refractivity contribution is 7.17. The number of fused-ring (bicyclic) bond motifs is 2. The van der Waals surface area contributed by atoms with Crippen molar-refractivity contribution in [1.82, 2.24) is 4.90 Å². The molecule has 3 aromatic rings. The van der Waals surface area contributed by atoms with Crippen LogP contribution in [0.3, 0.4) is 0 Å². The number of benzene rings is 2. The van der Waals surface area contributed by atoms with E-state index in [9.17, 15) is 9.59 Å². The van der Waals surface area contributed by atoms with Crippen LogP contribution in [0.2, 0.25) is 0 Å². The Hall–Kier alpha value is -2.86. The van der Waals surface area contributed by atoms with Crippen LogP contribution in [0.25, 0.3) is 10.1 Å². The van der Waals surface area contributed by atoms with Gasteiger partial charge in [-0.15, -0.1) is 11.3 Å². The van der Waals surface area contributed by atoms with Crippen LogP contribution < -0.4 is 10.1 Å². The zero-order valence-corrected chi connectivity index (χ0v) is 16.1. The molecular weight excluding hydrogens is 372 g/mol. The minimum atomic E-state index is -0.194. The van der Waals surface area contributed by atoms with E-state index in [4.69, 9.17) is 4.74 Å². The van der Waals surface area contributed by atoms with Crippen LogP contribution in [0.1, 0.15) is 34.7 Å². The number of carbonyl (C=O) groups is 2. The Bertz CT molecular complexity index is 1070. The molecule has 28 heavy (non-hydrogen) atoms. The summed E-state index contributed by atoms with van der Waals surface area (Å²) in [4.78, 5) is 26.4. The van der Waals surface area contributed by atoms with E-state index in [0.29, 0.717) is 22.9 Å². The Kier molecular flexibility index (Phi) is 4.28. The van der Waals surface area contributed by atoms with E-state index in [0.717, 1.165) is 25.9 Å². The van der Waals surface area contributed by atoms with Gasteiger partial charge in [-0.3, -0.25) is 9.59 Å². The van der Waals surface area contributed by atoms with Gasteiger partial charge in [-0.25, -0.2) is 0 Å². The van der Waals surface area contributed by atoms with Crippen molar-refractivity contribution in [3.8, 4) is 5.75 Å². The second-order valence-electron chi connectivity index (χ2n) is 7.30. The molecular formula is C22H20N2O3S. The molecule has 0 atom stereocenters. The summed E-state index contributed by atoms with van der Waals surface area (Å²) in [5, 5.41) is 6.39. The molecule has 0 spiro atoms. The highest BCUT2D eigenvalue weighted by Gasteiger charge is 2.27. The van der Waals surface area contributed by atoms with Crippen LogP contribution in [-0.4, -0.2) is 36.4 Å². The van der Waals surface area contributed by atoms with Crippen molar-refractivity contribution < 1.29 is 14.3 Å². The number of thiophene rings is 1. The molecule has 0 saturated carbocycles. The fourth-order valence-electron chi connectivity index (χ4n) is 4.11. The second kappa shape index (κ2) is 6.95. The normalized spacial score (nSPS) is 17.1. The van der Waals surface area contributed by atoms with Gasteiger partial charge in [0.1, 0.15) is 5.75 Å². The van der Waals surface area contributed by atoms with Gasteiger partial charge in [0.25, 0.3) is 11.8 Å². The molecule has 2 aliphatic heterocycles. The third kappa shape index (κ3) is 3.03. The molecule has 0 aliphatic carbocycles. The number of nitrogens with one attached hydrogen (secondary N) is 1. The van der Waals surface area contributed by atoms with E-state index >= 15 is 0 Å². The maximum atomic E-state index is 12.9. The average molecular weight is 392 g/mol. The SMILES string of the molecule is O=C1COc2ccc(C(=O)N3CCC(c4csc5ccccc45)CC3)cc2N1. The van der Waals surface area contributed by atoms with E-state index in [1.807, 2.05) is 4.90 Å². The summed E-state index contributed by atoms with van der Waals surface area (Å²) in [5.41, 5.74) is 2.58. The van der Waals surface area contributed by atoms with Crippen LogP contribution in [0, 0.1) is 0 Å². The predicted molar refractivity (Wildman–Crippen MR) is 110 cm³/mol. The first kappa shape index (κ1) is 17.3. The first-order valence-corrected chi connectivity index (χ1v) is 10.4. The molecule has 142 valence electrons. The number of nitrogens with zero attached hydrogens (tertiary/aromatic N) is 1. The Morgan fingerprint density at radius 2 is 1.96 bits per heavy atom. The Morgan fingerprint density at radius 1 is 1.14 bits per heavy atom. The maximum absolute atomic E-state index is 12.9. The van der Waals surface area contributed by atoms with Gasteiger partial charge < -0.3 is 15.0 Å². The molecule has 5 nitrogen and oxygen atoms in total. The average Bonchev–Trinajstić information content (AvgIpc) is 3.17. The lowest BCUT2D eigenvalue weighted by Crippen LogP contribution is -2.38. The van der Waals surface area contributed by atoms with Gasteiger partial charge in [0.2, 0.25) is 0 Å². The lowest BCUT2D eigenvalue weighted by atomic mass is 9.89. The number of hydrogen-bond acceptors (Lipinski definition) is 4. The number of piperidine rings is 1. The molecule has 2 aromatic carbocycles. The minimum Gasteiger partial charge on any atom is -0.482 e. The fraction of sp³-hybridized carbons (Fsp3) is 0.273. The number of amides is 2. The zero-order valence-electron chi connectivity index (χ0n) is 15.3. The Balaban J connectivity index is 1.30. The third-order valence-electron chi connectivity index (χ3n) is 5.59. The molecule has 5 rings (SSSR count). The molecule has 6 heteroatoms. The molecule has 2 aliphatic rings. The van der Waals surface area contributed by atoms with Crippen LogP contribution >= 0.6 is 11.3 Å². The minimum absolute atomic E-state index is 0.0104. The van der Waals surface area contributed by atoms with Crippen molar-refractivity contribution in [1.29, 1.82) is 0 Å². The van der Waals surface area contributed by atoms with Gasteiger partial charge in [0, 0.05) is 23.4 Å². The molecule has 2 amide bonds. The highest BCUT2D eigenvalue weighted by Crippen LogP contribution is 2.37. The highest BCUT2D eigenvalue weighted by atomic mass is 32.1. The molecule has 0 unspecified atom stereocenters. The van der Waals surface area contributed by atoms with E-state index < -0.39 is 0 Å². The monoisotopic (exact) mass is 392 g/mol. The van der Waals surface area contributed by atoms with Crippen molar-refractivity contribution in [2.24, 2.45) is 0 Å². The van der Waals surface area contributed by atoms with Gasteiger partial charge in [0.15, 0.2) is 6.61 Å².